The van der Waals surface area contributed by atoms with Gasteiger partial charge < -0.3 is 0 Å². The van der Waals surface area contributed by atoms with E-state index in [1.54, 1.807) is 0 Å². The summed E-state index contributed by atoms with van der Waals surface area (Å²) in [4.78, 5) is 0. The van der Waals surface area contributed by atoms with Crippen molar-refractivity contribution in [2.24, 2.45) is 0 Å². The minimum absolute atomic E-state index is 0.250. The van der Waals surface area contributed by atoms with E-state index in [1.807, 2.05) is 0 Å². The van der Waals surface area contributed by atoms with Crippen molar-refractivity contribution in [1.82, 2.24) is 0 Å². The predicted molar refractivity (Wildman–Crippen MR) is 48.2 cm³/mol. The summed E-state index contributed by atoms with van der Waals surface area (Å²) in [6.45, 7) is 9.82. The molecule has 0 aliphatic carbocycles. The van der Waals surface area contributed by atoms with E-state index < -0.39 is 0 Å². The first-order valence-corrected chi connectivity index (χ1v) is 4.30. The van der Waals surface area contributed by atoms with Crippen molar-refractivity contribution in [1.29, 1.82) is 0 Å². The van der Waals surface area contributed by atoms with Crippen LogP contribution in [0.25, 0.3) is 0 Å². The molecular weight excluding hydrogens is 127 g/mol. The fraction of sp³-hybridized carbons (Fsp3) is 1.00. The third-order valence-corrected chi connectivity index (χ3v) is 0.500. The van der Waals surface area contributed by atoms with Gasteiger partial charge in [0.05, 0.1) is 6.67 Å². The normalized spacial score (nSPS) is 6.60. The minimum atomic E-state index is -0.250. The Morgan fingerprint density at radius 2 is 0.900 bits per heavy atom. The molecule has 0 spiro atoms. The zero-order valence-corrected chi connectivity index (χ0v) is 8.21. The van der Waals surface area contributed by atoms with E-state index >= 15 is 0 Å². The molecule has 0 nitrogen and oxygen atoms in total. The molecule has 0 amide bonds. The Kier molecular flexibility index (Phi) is 60.0. The van der Waals surface area contributed by atoms with Crippen molar-refractivity contribution in [3.05, 3.63) is 0 Å². The van der Waals surface area contributed by atoms with Crippen molar-refractivity contribution >= 4 is 0 Å². The summed E-state index contributed by atoms with van der Waals surface area (Å²) >= 11 is 0. The van der Waals surface area contributed by atoms with E-state index in [-0.39, 0.29) is 6.67 Å². The number of hydrogen-bond acceptors (Lipinski definition) is 0. The molecule has 0 bridgehead atoms. The molecule has 66 valence electrons. The van der Waals surface area contributed by atoms with Gasteiger partial charge in [-0.25, -0.2) is 0 Å². The molecule has 0 radical (unpaired) electrons. The molecule has 0 rings (SSSR count). The van der Waals surface area contributed by atoms with Gasteiger partial charge in [-0.2, -0.15) is 0 Å². The van der Waals surface area contributed by atoms with Gasteiger partial charge in [0.1, 0.15) is 0 Å². The lowest BCUT2D eigenvalue weighted by Crippen LogP contribution is -1.47. The second-order valence-electron chi connectivity index (χ2n) is 1.97. The molecule has 0 saturated carbocycles. The van der Waals surface area contributed by atoms with Crippen molar-refractivity contribution in [3.63, 3.8) is 0 Å². The van der Waals surface area contributed by atoms with Gasteiger partial charge in [-0.05, 0) is 6.92 Å². The van der Waals surface area contributed by atoms with Crippen LogP contribution in [0.1, 0.15) is 53.9 Å². The third-order valence-electron chi connectivity index (χ3n) is 0.500. The second kappa shape index (κ2) is 36.4. The van der Waals surface area contributed by atoms with Gasteiger partial charge in [0.2, 0.25) is 0 Å². The molecule has 0 fully saturated rings. The molecule has 0 saturated heterocycles. The van der Waals surface area contributed by atoms with Gasteiger partial charge in [-0.3, -0.25) is 4.39 Å². The Bertz CT molecular complexity index is 16.7. The van der Waals surface area contributed by atoms with Crippen LogP contribution in [-0.2, 0) is 0 Å². The summed E-state index contributed by atoms with van der Waals surface area (Å²) < 4.78 is 10.3. The van der Waals surface area contributed by atoms with Crippen molar-refractivity contribution in [2.75, 3.05) is 6.67 Å². The lowest BCUT2D eigenvalue weighted by atomic mass is 10.4. The summed E-state index contributed by atoms with van der Waals surface area (Å²) in [6.07, 6.45) is 3.89. The topological polar surface area (TPSA) is 0 Å². The number of rotatable bonds is 1. The summed E-state index contributed by atoms with van der Waals surface area (Å²) in [6, 6.07) is 0. The number of hydrogen-bond donors (Lipinski definition) is 0. The Balaban J connectivity index is -0.0000000750. The number of halogens is 1. The van der Waals surface area contributed by atoms with Gasteiger partial charge in [0, 0.05) is 0 Å². The summed E-state index contributed by atoms with van der Waals surface area (Å²) in [5.74, 6) is 0. The standard InChI is InChI=1S/C4H10.C3H8.C2H5F/c1-3-4-2;1-3-2;1-2-3/h3-4H2,1-2H3;3H2,1-2H3;2H2,1H3. The monoisotopic (exact) mass is 150 g/mol. The van der Waals surface area contributed by atoms with Crippen LogP contribution in [0.15, 0.2) is 0 Å². The van der Waals surface area contributed by atoms with Crippen LogP contribution in [0.3, 0.4) is 0 Å². The first-order valence-electron chi connectivity index (χ1n) is 4.30. The number of alkyl halides is 1. The van der Waals surface area contributed by atoms with Crippen LogP contribution < -0.4 is 0 Å². The van der Waals surface area contributed by atoms with E-state index in [1.165, 1.54) is 26.2 Å². The van der Waals surface area contributed by atoms with Crippen molar-refractivity contribution in [2.45, 2.75) is 53.9 Å². The lowest BCUT2D eigenvalue weighted by molar-refractivity contribution is 0.527. The zero-order valence-electron chi connectivity index (χ0n) is 8.21. The molecule has 0 heterocycles. The van der Waals surface area contributed by atoms with Gasteiger partial charge in [-0.15, -0.1) is 0 Å². The van der Waals surface area contributed by atoms with Crippen LogP contribution in [0.4, 0.5) is 4.39 Å². The van der Waals surface area contributed by atoms with Crippen molar-refractivity contribution < 1.29 is 4.39 Å². The Morgan fingerprint density at radius 1 is 0.800 bits per heavy atom. The van der Waals surface area contributed by atoms with Gasteiger partial charge in [0.25, 0.3) is 0 Å². The summed E-state index contributed by atoms with van der Waals surface area (Å²) in [5, 5.41) is 0. The van der Waals surface area contributed by atoms with Crippen molar-refractivity contribution in [3.8, 4) is 0 Å². The predicted octanol–water partition coefficient (Wildman–Crippen LogP) is 4.20. The molecule has 0 aromatic carbocycles. The maximum absolute atomic E-state index is 10.3. The molecule has 0 unspecified atom stereocenters. The zero-order chi connectivity index (χ0) is 8.83. The van der Waals surface area contributed by atoms with Gasteiger partial charge >= 0.3 is 0 Å². The van der Waals surface area contributed by atoms with E-state index in [2.05, 4.69) is 27.7 Å². The average molecular weight is 150 g/mol. The SMILES string of the molecule is CCC.CCCC.CCF. The maximum Gasteiger partial charge on any atom is 0.0866 e. The Hall–Kier alpha value is -0.0700. The molecular formula is C9H23F. The minimum Gasteiger partial charge on any atom is -0.251 e. The summed E-state index contributed by atoms with van der Waals surface area (Å²) in [5.41, 5.74) is 0. The highest BCUT2D eigenvalue weighted by Gasteiger charge is 1.56. The molecule has 0 atom stereocenters. The average Bonchev–Trinajstić information content (AvgIpc) is 1.91. The number of unbranched alkanes of at least 4 members (excludes halogenated alkanes) is 1. The highest BCUT2D eigenvalue weighted by atomic mass is 19.1. The largest absolute Gasteiger partial charge is 0.251 e. The smallest absolute Gasteiger partial charge is 0.0866 e. The maximum atomic E-state index is 10.3. The molecule has 0 aliphatic heterocycles. The molecule has 0 aliphatic rings. The van der Waals surface area contributed by atoms with E-state index in [9.17, 15) is 4.39 Å². The van der Waals surface area contributed by atoms with E-state index in [0.29, 0.717) is 0 Å². The summed E-state index contributed by atoms with van der Waals surface area (Å²) in [7, 11) is 0. The Morgan fingerprint density at radius 3 is 0.900 bits per heavy atom. The van der Waals surface area contributed by atoms with Crippen LogP contribution in [0, 0.1) is 0 Å². The first-order chi connectivity index (χ1) is 4.74. The molecule has 1 heteroatoms. The first kappa shape index (κ1) is 16.5. The van der Waals surface area contributed by atoms with Gasteiger partial charge in [0.15, 0.2) is 0 Å². The molecule has 0 N–H and O–H groups in total. The fourth-order valence-electron chi connectivity index (χ4n) is 0. The highest BCUT2D eigenvalue weighted by Crippen LogP contribution is 1.76. The van der Waals surface area contributed by atoms with E-state index in [0.717, 1.165) is 0 Å². The molecule has 0 aromatic rings. The highest BCUT2D eigenvalue weighted by molar-refractivity contribution is 4.12. The van der Waals surface area contributed by atoms with Crippen LogP contribution >= 0.6 is 0 Å². The second-order valence-corrected chi connectivity index (χ2v) is 1.97. The molecule has 0 aromatic heterocycles. The Labute approximate surface area is 65.8 Å². The third kappa shape index (κ3) is 440. The van der Waals surface area contributed by atoms with E-state index in [4.69, 9.17) is 0 Å². The van der Waals surface area contributed by atoms with Crippen LogP contribution in [0.2, 0.25) is 0 Å². The fourth-order valence-corrected chi connectivity index (χ4v) is 0. The lowest BCUT2D eigenvalue weighted by Gasteiger charge is -1.68. The van der Waals surface area contributed by atoms with Crippen LogP contribution in [0.5, 0.6) is 0 Å². The quantitative estimate of drug-likeness (QED) is 0.525. The van der Waals surface area contributed by atoms with Crippen LogP contribution in [-0.4, -0.2) is 6.67 Å². The molecule has 10 heavy (non-hydrogen) atoms. The van der Waals surface area contributed by atoms with Gasteiger partial charge in [-0.1, -0.05) is 47.0 Å².